The summed E-state index contributed by atoms with van der Waals surface area (Å²) in [5.41, 5.74) is -0.182. The Morgan fingerprint density at radius 1 is 1.07 bits per heavy atom. The Bertz CT molecular complexity index is 1110. The molecule has 0 saturated heterocycles. The fraction of sp³-hybridized carbons (Fsp3) is 0.0526. The van der Waals surface area contributed by atoms with Gasteiger partial charge >= 0.3 is 0 Å². The van der Waals surface area contributed by atoms with Crippen LogP contribution in [0.25, 0.3) is 0 Å². The molecule has 5 nitrogen and oxygen atoms in total. The van der Waals surface area contributed by atoms with Crippen molar-refractivity contribution < 1.29 is 18.7 Å². The third-order valence-electron chi connectivity index (χ3n) is 3.84. The van der Waals surface area contributed by atoms with Gasteiger partial charge < -0.3 is 15.0 Å². The molecule has 9 heteroatoms. The topological polar surface area (TPSA) is 71.3 Å². The van der Waals surface area contributed by atoms with Gasteiger partial charge in [-0.25, -0.2) is 8.78 Å². The number of pyridine rings is 1. The van der Waals surface area contributed by atoms with E-state index in [1.165, 1.54) is 22.9 Å². The molecule has 0 aliphatic rings. The second kappa shape index (κ2) is 8.00. The van der Waals surface area contributed by atoms with Gasteiger partial charge in [-0.2, -0.15) is 0 Å². The summed E-state index contributed by atoms with van der Waals surface area (Å²) in [6.45, 7) is 0.148. The summed E-state index contributed by atoms with van der Waals surface area (Å²) in [5, 5.41) is 12.7. The summed E-state index contributed by atoms with van der Waals surface area (Å²) < 4.78 is 28.2. The number of halogens is 4. The van der Waals surface area contributed by atoms with Crippen molar-refractivity contribution in [2.75, 3.05) is 5.32 Å². The number of carbonyl (C=O) groups excluding carboxylic acids is 1. The Balaban J connectivity index is 1.86. The third kappa shape index (κ3) is 4.32. The lowest BCUT2D eigenvalue weighted by molar-refractivity contribution is 0.102. The van der Waals surface area contributed by atoms with Gasteiger partial charge in [0.15, 0.2) is 0 Å². The van der Waals surface area contributed by atoms with Crippen molar-refractivity contribution >= 4 is 34.8 Å². The third-order valence-corrected chi connectivity index (χ3v) is 4.58. The highest BCUT2D eigenvalue weighted by atomic mass is 35.5. The Kier molecular flexibility index (Phi) is 5.67. The van der Waals surface area contributed by atoms with Crippen LogP contribution in [0.2, 0.25) is 10.0 Å². The molecular formula is C19H12Cl2F2N2O3. The van der Waals surface area contributed by atoms with Gasteiger partial charge in [0.2, 0.25) is 0 Å². The van der Waals surface area contributed by atoms with Crippen molar-refractivity contribution in [2.24, 2.45) is 0 Å². The van der Waals surface area contributed by atoms with E-state index in [1.54, 1.807) is 18.2 Å². The van der Waals surface area contributed by atoms with Crippen LogP contribution in [0.4, 0.5) is 14.5 Å². The average molecular weight is 425 g/mol. The van der Waals surface area contributed by atoms with Crippen molar-refractivity contribution in [3.63, 3.8) is 0 Å². The van der Waals surface area contributed by atoms with E-state index in [0.29, 0.717) is 27.7 Å². The van der Waals surface area contributed by atoms with Gasteiger partial charge in [-0.1, -0.05) is 29.3 Å². The number of anilines is 1. The highest BCUT2D eigenvalue weighted by Gasteiger charge is 2.19. The van der Waals surface area contributed by atoms with Crippen LogP contribution >= 0.6 is 23.2 Å². The summed E-state index contributed by atoms with van der Waals surface area (Å²) >= 11 is 11.8. The first-order valence-electron chi connectivity index (χ1n) is 7.88. The van der Waals surface area contributed by atoms with Gasteiger partial charge in [-0.05, 0) is 23.8 Å². The van der Waals surface area contributed by atoms with Crippen LogP contribution in [0.1, 0.15) is 15.9 Å². The van der Waals surface area contributed by atoms with Crippen LogP contribution in [-0.4, -0.2) is 15.6 Å². The standard InChI is InChI=1S/C19H12Cl2F2N2O3/c20-13-3-1-10(5-14(13)21)8-25-9-12(2-4-17(25)27)24-19(28)18-15(23)6-11(22)7-16(18)26/h1-7,9,26H,8H2,(H,24,28). The molecule has 2 N–H and O–H groups in total. The summed E-state index contributed by atoms with van der Waals surface area (Å²) in [7, 11) is 0. The molecule has 1 heterocycles. The maximum absolute atomic E-state index is 13.8. The number of hydrogen-bond acceptors (Lipinski definition) is 3. The number of phenols is 1. The number of rotatable bonds is 4. The van der Waals surface area contributed by atoms with E-state index in [4.69, 9.17) is 23.2 Å². The normalized spacial score (nSPS) is 10.7. The van der Waals surface area contributed by atoms with Gasteiger partial charge in [0, 0.05) is 24.4 Å². The van der Waals surface area contributed by atoms with Crippen molar-refractivity contribution in [3.8, 4) is 5.75 Å². The summed E-state index contributed by atoms with van der Waals surface area (Å²) in [5.74, 6) is -4.05. The van der Waals surface area contributed by atoms with E-state index in [9.17, 15) is 23.5 Å². The Morgan fingerprint density at radius 2 is 1.82 bits per heavy atom. The zero-order chi connectivity index (χ0) is 20.4. The fourth-order valence-corrected chi connectivity index (χ4v) is 2.86. The van der Waals surface area contributed by atoms with Crippen molar-refractivity contribution in [1.29, 1.82) is 0 Å². The first kappa shape index (κ1) is 19.9. The van der Waals surface area contributed by atoms with E-state index in [0.717, 1.165) is 0 Å². The van der Waals surface area contributed by atoms with Crippen molar-refractivity contribution in [1.82, 2.24) is 4.57 Å². The summed E-state index contributed by atoms with van der Waals surface area (Å²) in [4.78, 5) is 24.3. The quantitative estimate of drug-likeness (QED) is 0.650. The Hall–Kier alpha value is -2.90. The van der Waals surface area contributed by atoms with E-state index in [1.807, 2.05) is 0 Å². The minimum absolute atomic E-state index is 0.148. The zero-order valence-corrected chi connectivity index (χ0v) is 15.6. The predicted octanol–water partition coefficient (Wildman–Crippen LogP) is 4.44. The number of benzene rings is 2. The molecule has 0 aliphatic heterocycles. The van der Waals surface area contributed by atoms with Gasteiger partial charge in [0.1, 0.15) is 22.9 Å². The van der Waals surface area contributed by atoms with E-state index in [2.05, 4.69) is 5.32 Å². The molecule has 0 unspecified atom stereocenters. The molecule has 3 rings (SSSR count). The van der Waals surface area contributed by atoms with E-state index in [-0.39, 0.29) is 17.8 Å². The molecule has 0 spiro atoms. The van der Waals surface area contributed by atoms with Crippen LogP contribution in [0, 0.1) is 11.6 Å². The summed E-state index contributed by atoms with van der Waals surface area (Å²) in [6.07, 6.45) is 1.35. The first-order chi connectivity index (χ1) is 13.2. The Morgan fingerprint density at radius 3 is 2.50 bits per heavy atom. The van der Waals surface area contributed by atoms with Crippen LogP contribution in [0.15, 0.2) is 53.5 Å². The second-order valence-corrected chi connectivity index (χ2v) is 6.68. The molecule has 3 aromatic rings. The highest BCUT2D eigenvalue weighted by molar-refractivity contribution is 6.42. The lowest BCUT2D eigenvalue weighted by Crippen LogP contribution is -2.21. The van der Waals surface area contributed by atoms with Gasteiger partial charge in [0.05, 0.1) is 22.3 Å². The van der Waals surface area contributed by atoms with Gasteiger partial charge in [-0.3, -0.25) is 9.59 Å². The molecule has 0 fully saturated rings. The molecule has 28 heavy (non-hydrogen) atoms. The van der Waals surface area contributed by atoms with Crippen molar-refractivity contribution in [2.45, 2.75) is 6.54 Å². The van der Waals surface area contributed by atoms with Crippen LogP contribution < -0.4 is 10.9 Å². The van der Waals surface area contributed by atoms with Crippen LogP contribution in [0.3, 0.4) is 0 Å². The second-order valence-electron chi connectivity index (χ2n) is 5.87. The first-order valence-corrected chi connectivity index (χ1v) is 8.64. The fourth-order valence-electron chi connectivity index (χ4n) is 2.54. The minimum atomic E-state index is -1.21. The SMILES string of the molecule is O=C(Nc1ccc(=O)n(Cc2ccc(Cl)c(Cl)c2)c1)c1c(O)cc(F)cc1F. The molecule has 0 aliphatic carbocycles. The molecule has 0 bridgehead atoms. The number of phenolic OH excluding ortho intramolecular Hbond substituents is 1. The molecule has 0 radical (unpaired) electrons. The molecule has 1 aromatic heterocycles. The van der Waals surface area contributed by atoms with E-state index >= 15 is 0 Å². The van der Waals surface area contributed by atoms with Crippen LogP contribution in [-0.2, 0) is 6.54 Å². The molecular weight excluding hydrogens is 413 g/mol. The smallest absolute Gasteiger partial charge is 0.262 e. The highest BCUT2D eigenvalue weighted by Crippen LogP contribution is 2.24. The number of nitrogens with zero attached hydrogens (tertiary/aromatic N) is 1. The van der Waals surface area contributed by atoms with Crippen molar-refractivity contribution in [3.05, 3.63) is 91.8 Å². The number of carbonyl (C=O) groups is 1. The molecule has 2 aromatic carbocycles. The van der Waals surface area contributed by atoms with Gasteiger partial charge in [-0.15, -0.1) is 0 Å². The minimum Gasteiger partial charge on any atom is -0.507 e. The average Bonchev–Trinajstić information content (AvgIpc) is 2.60. The van der Waals surface area contributed by atoms with Crippen LogP contribution in [0.5, 0.6) is 5.75 Å². The number of amides is 1. The monoisotopic (exact) mass is 424 g/mol. The number of hydrogen-bond donors (Lipinski definition) is 2. The number of aromatic nitrogens is 1. The summed E-state index contributed by atoms with van der Waals surface area (Å²) in [6, 6.07) is 8.54. The largest absolute Gasteiger partial charge is 0.507 e. The maximum atomic E-state index is 13.8. The Labute approximate surface area is 167 Å². The number of nitrogens with one attached hydrogen (secondary N) is 1. The lowest BCUT2D eigenvalue weighted by atomic mass is 10.1. The zero-order valence-electron chi connectivity index (χ0n) is 14.0. The molecule has 1 amide bonds. The predicted molar refractivity (Wildman–Crippen MR) is 102 cm³/mol. The maximum Gasteiger partial charge on any atom is 0.262 e. The lowest BCUT2D eigenvalue weighted by Gasteiger charge is -2.11. The molecule has 0 atom stereocenters. The molecule has 0 saturated carbocycles. The van der Waals surface area contributed by atoms with E-state index < -0.39 is 28.9 Å². The number of aromatic hydroxyl groups is 1. The van der Waals surface area contributed by atoms with Gasteiger partial charge in [0.25, 0.3) is 11.5 Å². The molecule has 144 valence electrons.